The molecule has 0 radical (unpaired) electrons. The van der Waals surface area contributed by atoms with Gasteiger partial charge in [0, 0.05) is 16.6 Å². The minimum Gasteiger partial charge on any atom is -0.340 e. The molecule has 7 heteroatoms. The van der Waals surface area contributed by atoms with E-state index in [0.717, 1.165) is 32.6 Å². The molecule has 0 bridgehead atoms. The fraction of sp³-hybridized carbons (Fsp3) is 0.312. The van der Waals surface area contributed by atoms with Crippen molar-refractivity contribution in [2.45, 2.75) is 30.6 Å². The number of anilines is 1. The standard InChI is InChI=1S/C16H17N3O2S2/c1-3-22-16-17-10(8-23-16)7-12(20)19-14-13-9(2)5-4-6-11(13)18-15(14)21/h4-6,8,14H,3,7H2,1-2H3,(H,18,21)(H,19,20)/t14-/m0/s1. The number of nitrogens with zero attached hydrogens (tertiary/aromatic N) is 1. The molecule has 1 aromatic heterocycles. The Hall–Kier alpha value is -1.86. The lowest BCUT2D eigenvalue weighted by Crippen LogP contribution is -2.34. The number of hydrogen-bond donors (Lipinski definition) is 2. The van der Waals surface area contributed by atoms with Gasteiger partial charge in [0.15, 0.2) is 0 Å². The van der Waals surface area contributed by atoms with Crippen molar-refractivity contribution in [3.05, 3.63) is 40.4 Å². The van der Waals surface area contributed by atoms with Gasteiger partial charge in [-0.3, -0.25) is 9.59 Å². The van der Waals surface area contributed by atoms with Gasteiger partial charge in [-0.15, -0.1) is 11.3 Å². The number of aryl methyl sites for hydroxylation is 1. The summed E-state index contributed by atoms with van der Waals surface area (Å²) in [6.07, 6.45) is 0.186. The number of carbonyl (C=O) groups excluding carboxylic acids is 2. The number of thiazole rings is 1. The molecule has 2 aromatic rings. The number of carbonyl (C=O) groups is 2. The van der Waals surface area contributed by atoms with E-state index in [-0.39, 0.29) is 18.2 Å². The number of rotatable bonds is 5. The number of fused-ring (bicyclic) bond motifs is 1. The SMILES string of the molecule is CCSc1nc(CC(=O)N[C@@H]2C(=O)Nc3cccc(C)c32)cs1. The highest BCUT2D eigenvalue weighted by atomic mass is 32.2. The summed E-state index contributed by atoms with van der Waals surface area (Å²) >= 11 is 3.20. The van der Waals surface area contributed by atoms with E-state index < -0.39 is 6.04 Å². The maximum absolute atomic E-state index is 12.3. The average Bonchev–Trinajstić information content (AvgIpc) is 3.05. The van der Waals surface area contributed by atoms with Crippen LogP contribution in [0, 0.1) is 6.92 Å². The molecule has 23 heavy (non-hydrogen) atoms. The fourth-order valence-corrected chi connectivity index (χ4v) is 4.32. The van der Waals surface area contributed by atoms with E-state index in [2.05, 4.69) is 22.5 Å². The highest BCUT2D eigenvalue weighted by Gasteiger charge is 2.32. The molecule has 1 aliphatic rings. The lowest BCUT2D eigenvalue weighted by molar-refractivity contribution is -0.125. The maximum Gasteiger partial charge on any atom is 0.251 e. The highest BCUT2D eigenvalue weighted by molar-refractivity contribution is 8.00. The summed E-state index contributed by atoms with van der Waals surface area (Å²) in [7, 11) is 0. The van der Waals surface area contributed by atoms with Crippen molar-refractivity contribution in [2.24, 2.45) is 0 Å². The summed E-state index contributed by atoms with van der Waals surface area (Å²) in [6.45, 7) is 4.00. The number of aromatic nitrogens is 1. The first-order valence-corrected chi connectivity index (χ1v) is 9.22. The average molecular weight is 347 g/mol. The van der Waals surface area contributed by atoms with E-state index in [1.165, 1.54) is 0 Å². The van der Waals surface area contributed by atoms with Gasteiger partial charge in [-0.25, -0.2) is 4.98 Å². The molecule has 2 N–H and O–H groups in total. The van der Waals surface area contributed by atoms with E-state index in [4.69, 9.17) is 0 Å². The van der Waals surface area contributed by atoms with Crippen molar-refractivity contribution in [1.82, 2.24) is 10.3 Å². The topological polar surface area (TPSA) is 71.1 Å². The molecule has 1 aliphatic heterocycles. The number of nitrogens with one attached hydrogen (secondary N) is 2. The first-order chi connectivity index (χ1) is 11.1. The van der Waals surface area contributed by atoms with Crippen LogP contribution < -0.4 is 10.6 Å². The predicted octanol–water partition coefficient (Wildman–Crippen LogP) is 2.92. The lowest BCUT2D eigenvalue weighted by atomic mass is 10.0. The Kier molecular flexibility index (Phi) is 4.68. The third-order valence-electron chi connectivity index (χ3n) is 3.58. The molecule has 0 saturated heterocycles. The first-order valence-electron chi connectivity index (χ1n) is 7.35. The summed E-state index contributed by atoms with van der Waals surface area (Å²) < 4.78 is 0.968. The van der Waals surface area contributed by atoms with Crippen molar-refractivity contribution < 1.29 is 9.59 Å². The summed E-state index contributed by atoms with van der Waals surface area (Å²) in [6, 6.07) is 5.05. The van der Waals surface area contributed by atoms with E-state index in [0.29, 0.717) is 0 Å². The molecule has 2 heterocycles. The Morgan fingerprint density at radius 3 is 3.09 bits per heavy atom. The molecular weight excluding hydrogens is 330 g/mol. The van der Waals surface area contributed by atoms with Crippen LogP contribution in [0.15, 0.2) is 27.9 Å². The number of hydrogen-bond acceptors (Lipinski definition) is 5. The molecule has 0 aliphatic carbocycles. The van der Waals surface area contributed by atoms with E-state index >= 15 is 0 Å². The van der Waals surface area contributed by atoms with E-state index in [9.17, 15) is 9.59 Å². The second-order valence-electron chi connectivity index (χ2n) is 5.24. The number of benzene rings is 1. The van der Waals surface area contributed by atoms with Crippen molar-refractivity contribution in [3.8, 4) is 0 Å². The van der Waals surface area contributed by atoms with E-state index in [1.54, 1.807) is 23.1 Å². The summed E-state index contributed by atoms with van der Waals surface area (Å²) in [5.74, 6) is 0.569. The summed E-state index contributed by atoms with van der Waals surface area (Å²) in [4.78, 5) is 28.8. The van der Waals surface area contributed by atoms with Crippen LogP contribution in [0.2, 0.25) is 0 Å². The number of amides is 2. The third-order valence-corrected chi connectivity index (χ3v) is 5.53. The molecule has 0 spiro atoms. The van der Waals surface area contributed by atoms with E-state index in [1.807, 2.05) is 30.5 Å². The van der Waals surface area contributed by atoms with Crippen LogP contribution in [0.3, 0.4) is 0 Å². The normalized spacial score (nSPS) is 16.1. The van der Waals surface area contributed by atoms with Crippen LogP contribution in [0.5, 0.6) is 0 Å². The molecule has 120 valence electrons. The molecular formula is C16H17N3O2S2. The summed E-state index contributed by atoms with van der Waals surface area (Å²) in [5.41, 5.74) is 3.36. The van der Waals surface area contributed by atoms with Crippen molar-refractivity contribution in [1.29, 1.82) is 0 Å². The van der Waals surface area contributed by atoms with Crippen LogP contribution in [-0.2, 0) is 16.0 Å². The second-order valence-corrected chi connectivity index (χ2v) is 7.61. The van der Waals surface area contributed by atoms with Crippen LogP contribution >= 0.6 is 23.1 Å². The van der Waals surface area contributed by atoms with Gasteiger partial charge in [0.1, 0.15) is 10.4 Å². The smallest absolute Gasteiger partial charge is 0.251 e. The molecule has 0 saturated carbocycles. The Labute approximate surface area is 142 Å². The van der Waals surface area contributed by atoms with Crippen LogP contribution in [0.25, 0.3) is 0 Å². The van der Waals surface area contributed by atoms with Crippen molar-refractivity contribution in [3.63, 3.8) is 0 Å². The van der Waals surface area contributed by atoms with Crippen molar-refractivity contribution in [2.75, 3.05) is 11.1 Å². The van der Waals surface area contributed by atoms with Crippen LogP contribution in [0.1, 0.15) is 29.8 Å². The monoisotopic (exact) mass is 347 g/mol. The van der Waals surface area contributed by atoms with Gasteiger partial charge in [-0.1, -0.05) is 30.8 Å². The minimum atomic E-state index is -0.623. The van der Waals surface area contributed by atoms with Gasteiger partial charge in [0.05, 0.1) is 12.1 Å². The second kappa shape index (κ2) is 6.72. The lowest BCUT2D eigenvalue weighted by Gasteiger charge is -2.13. The summed E-state index contributed by atoms with van der Waals surface area (Å²) in [5, 5.41) is 7.52. The Morgan fingerprint density at radius 1 is 1.48 bits per heavy atom. The van der Waals surface area contributed by atoms with Gasteiger partial charge >= 0.3 is 0 Å². The largest absolute Gasteiger partial charge is 0.340 e. The molecule has 2 amide bonds. The highest BCUT2D eigenvalue weighted by Crippen LogP contribution is 2.33. The minimum absolute atomic E-state index is 0.186. The first kappa shape index (κ1) is 16.0. The van der Waals surface area contributed by atoms with Gasteiger partial charge in [0.2, 0.25) is 5.91 Å². The van der Waals surface area contributed by atoms with Crippen molar-refractivity contribution >= 4 is 40.6 Å². The van der Waals surface area contributed by atoms with Gasteiger partial charge in [-0.2, -0.15) is 0 Å². The Bertz CT molecular complexity index is 758. The maximum atomic E-state index is 12.3. The van der Waals surface area contributed by atoms with Crippen LogP contribution in [0.4, 0.5) is 5.69 Å². The van der Waals surface area contributed by atoms with Gasteiger partial charge in [-0.05, 0) is 24.3 Å². The molecule has 1 aromatic carbocycles. The zero-order valence-corrected chi connectivity index (χ0v) is 14.5. The molecule has 0 unspecified atom stereocenters. The zero-order valence-electron chi connectivity index (χ0n) is 12.9. The third kappa shape index (κ3) is 3.40. The van der Waals surface area contributed by atoms with Gasteiger partial charge in [0.25, 0.3) is 5.91 Å². The Morgan fingerprint density at radius 2 is 2.30 bits per heavy atom. The number of thioether (sulfide) groups is 1. The fourth-order valence-electron chi connectivity index (χ4n) is 2.58. The molecule has 3 rings (SSSR count). The molecule has 0 fully saturated rings. The molecule has 5 nitrogen and oxygen atoms in total. The quantitative estimate of drug-likeness (QED) is 0.816. The Balaban J connectivity index is 1.70. The van der Waals surface area contributed by atoms with Crippen LogP contribution in [-0.4, -0.2) is 22.6 Å². The zero-order chi connectivity index (χ0) is 16.4. The molecule has 1 atom stereocenters. The van der Waals surface area contributed by atoms with Gasteiger partial charge < -0.3 is 10.6 Å². The predicted molar refractivity (Wildman–Crippen MR) is 92.9 cm³/mol.